The number of rotatable bonds is 3. The van der Waals surface area contributed by atoms with Gasteiger partial charge in [-0.3, -0.25) is 10.1 Å². The SMILES string of the molecule is O=C(Nc1nnc(-c2ccc(Cl)cc2)o1)c1ccc(Cl)cc1Cl. The molecule has 0 aliphatic heterocycles. The van der Waals surface area contributed by atoms with Crippen molar-refractivity contribution in [2.24, 2.45) is 0 Å². The number of anilines is 1. The Balaban J connectivity index is 1.78. The van der Waals surface area contributed by atoms with Crippen LogP contribution >= 0.6 is 34.8 Å². The first kappa shape index (κ1) is 15.8. The number of aromatic nitrogens is 2. The second kappa shape index (κ2) is 6.58. The first-order valence-electron chi connectivity index (χ1n) is 6.39. The van der Waals surface area contributed by atoms with Gasteiger partial charge >= 0.3 is 6.01 Å². The molecule has 0 radical (unpaired) electrons. The molecular weight excluding hydrogens is 361 g/mol. The molecule has 1 amide bonds. The van der Waals surface area contributed by atoms with Gasteiger partial charge in [0.2, 0.25) is 5.89 Å². The normalized spacial score (nSPS) is 10.6. The average Bonchev–Trinajstić information content (AvgIpc) is 2.96. The van der Waals surface area contributed by atoms with Crippen molar-refractivity contribution in [2.75, 3.05) is 5.32 Å². The van der Waals surface area contributed by atoms with Crippen LogP contribution in [-0.4, -0.2) is 16.1 Å². The number of halogens is 3. The van der Waals surface area contributed by atoms with Crippen LogP contribution in [0.15, 0.2) is 46.9 Å². The highest BCUT2D eigenvalue weighted by molar-refractivity contribution is 6.37. The van der Waals surface area contributed by atoms with E-state index in [1.165, 1.54) is 12.1 Å². The molecule has 0 saturated heterocycles. The summed E-state index contributed by atoms with van der Waals surface area (Å²) in [6, 6.07) is 11.4. The number of benzene rings is 2. The molecule has 2 aromatic carbocycles. The van der Waals surface area contributed by atoms with Crippen LogP contribution < -0.4 is 5.32 Å². The Hall–Kier alpha value is -2.08. The molecule has 1 heterocycles. The van der Waals surface area contributed by atoms with Gasteiger partial charge in [0.25, 0.3) is 5.91 Å². The second-order valence-electron chi connectivity index (χ2n) is 4.50. The molecule has 23 heavy (non-hydrogen) atoms. The van der Waals surface area contributed by atoms with Crippen LogP contribution in [0.3, 0.4) is 0 Å². The summed E-state index contributed by atoms with van der Waals surface area (Å²) in [4.78, 5) is 12.2. The van der Waals surface area contributed by atoms with Gasteiger partial charge in [-0.1, -0.05) is 39.9 Å². The fourth-order valence-corrected chi connectivity index (χ4v) is 2.44. The van der Waals surface area contributed by atoms with E-state index in [4.69, 9.17) is 39.2 Å². The van der Waals surface area contributed by atoms with E-state index < -0.39 is 5.91 Å². The molecule has 3 rings (SSSR count). The Morgan fingerprint density at radius 2 is 1.65 bits per heavy atom. The lowest BCUT2D eigenvalue weighted by molar-refractivity contribution is 0.102. The van der Waals surface area contributed by atoms with Gasteiger partial charge in [-0.15, -0.1) is 5.10 Å². The first-order chi connectivity index (χ1) is 11.0. The van der Waals surface area contributed by atoms with Crippen molar-refractivity contribution in [3.63, 3.8) is 0 Å². The number of nitrogens with zero attached hydrogens (tertiary/aromatic N) is 2. The highest BCUT2D eigenvalue weighted by Gasteiger charge is 2.15. The molecular formula is C15H8Cl3N3O2. The minimum atomic E-state index is -0.474. The lowest BCUT2D eigenvalue weighted by atomic mass is 10.2. The lowest BCUT2D eigenvalue weighted by Gasteiger charge is -2.03. The summed E-state index contributed by atoms with van der Waals surface area (Å²) in [5.74, 6) is -0.211. The molecule has 0 fully saturated rings. The molecule has 0 bridgehead atoms. The van der Waals surface area contributed by atoms with Crippen molar-refractivity contribution in [2.45, 2.75) is 0 Å². The van der Waals surface area contributed by atoms with Gasteiger partial charge in [0, 0.05) is 15.6 Å². The van der Waals surface area contributed by atoms with E-state index in [1.54, 1.807) is 30.3 Å². The number of hydrogen-bond donors (Lipinski definition) is 1. The molecule has 3 aromatic rings. The maximum atomic E-state index is 12.2. The quantitative estimate of drug-likeness (QED) is 0.710. The van der Waals surface area contributed by atoms with E-state index in [2.05, 4.69) is 15.5 Å². The van der Waals surface area contributed by atoms with E-state index in [9.17, 15) is 4.79 Å². The number of hydrogen-bond acceptors (Lipinski definition) is 4. The highest BCUT2D eigenvalue weighted by Crippen LogP contribution is 2.24. The number of carbonyl (C=O) groups is 1. The third-order valence-corrected chi connectivity index (χ3v) is 3.71. The Morgan fingerprint density at radius 1 is 0.957 bits per heavy atom. The number of amides is 1. The molecule has 0 aliphatic rings. The summed E-state index contributed by atoms with van der Waals surface area (Å²) in [6.45, 7) is 0. The topological polar surface area (TPSA) is 68.0 Å². The zero-order valence-electron chi connectivity index (χ0n) is 11.4. The van der Waals surface area contributed by atoms with Gasteiger partial charge < -0.3 is 4.42 Å². The predicted molar refractivity (Wildman–Crippen MR) is 89.2 cm³/mol. The molecule has 0 unspecified atom stereocenters. The van der Waals surface area contributed by atoms with Crippen LogP contribution in [0.5, 0.6) is 0 Å². The Kier molecular flexibility index (Phi) is 4.52. The number of nitrogens with one attached hydrogen (secondary N) is 1. The molecule has 116 valence electrons. The molecule has 0 saturated carbocycles. The van der Waals surface area contributed by atoms with E-state index in [0.29, 0.717) is 15.6 Å². The molecule has 5 nitrogen and oxygen atoms in total. The molecule has 0 spiro atoms. The fraction of sp³-hybridized carbons (Fsp3) is 0. The van der Waals surface area contributed by atoms with Crippen molar-refractivity contribution in [1.82, 2.24) is 10.2 Å². The fourth-order valence-electron chi connectivity index (χ4n) is 1.82. The molecule has 8 heteroatoms. The summed E-state index contributed by atoms with van der Waals surface area (Å²) in [7, 11) is 0. The predicted octanol–water partition coefficient (Wildman–Crippen LogP) is 4.95. The van der Waals surface area contributed by atoms with Crippen LogP contribution in [-0.2, 0) is 0 Å². The lowest BCUT2D eigenvalue weighted by Crippen LogP contribution is -2.12. The molecule has 1 N–H and O–H groups in total. The van der Waals surface area contributed by atoms with Crippen LogP contribution in [0.4, 0.5) is 6.01 Å². The van der Waals surface area contributed by atoms with Crippen molar-refractivity contribution < 1.29 is 9.21 Å². The largest absolute Gasteiger partial charge is 0.403 e. The highest BCUT2D eigenvalue weighted by atomic mass is 35.5. The Bertz CT molecular complexity index is 863. The summed E-state index contributed by atoms with van der Waals surface area (Å²) in [5.41, 5.74) is 0.939. The standard InChI is InChI=1S/C15H8Cl3N3O2/c16-9-3-1-8(2-4-9)14-20-21-15(23-14)19-13(22)11-6-5-10(17)7-12(11)18/h1-7H,(H,19,21,22). The van der Waals surface area contributed by atoms with Gasteiger partial charge in [0.1, 0.15) is 0 Å². The monoisotopic (exact) mass is 367 g/mol. The van der Waals surface area contributed by atoms with E-state index in [-0.39, 0.29) is 22.5 Å². The maximum Gasteiger partial charge on any atom is 0.322 e. The van der Waals surface area contributed by atoms with E-state index >= 15 is 0 Å². The Morgan fingerprint density at radius 3 is 2.35 bits per heavy atom. The third-order valence-electron chi connectivity index (χ3n) is 2.91. The van der Waals surface area contributed by atoms with Gasteiger partial charge in [-0.25, -0.2) is 0 Å². The summed E-state index contributed by atoms with van der Waals surface area (Å²) in [5, 5.41) is 11.4. The minimum Gasteiger partial charge on any atom is -0.403 e. The van der Waals surface area contributed by atoms with Crippen molar-refractivity contribution in [3.05, 3.63) is 63.1 Å². The van der Waals surface area contributed by atoms with Crippen molar-refractivity contribution in [1.29, 1.82) is 0 Å². The summed E-state index contributed by atoms with van der Waals surface area (Å²) in [6.07, 6.45) is 0. The van der Waals surface area contributed by atoms with E-state index in [1.807, 2.05) is 0 Å². The smallest absolute Gasteiger partial charge is 0.322 e. The first-order valence-corrected chi connectivity index (χ1v) is 7.52. The van der Waals surface area contributed by atoms with Crippen LogP contribution in [0.1, 0.15) is 10.4 Å². The third kappa shape index (κ3) is 3.64. The van der Waals surface area contributed by atoms with Gasteiger partial charge in [0.15, 0.2) is 0 Å². The minimum absolute atomic E-state index is 0.0361. The molecule has 0 aliphatic carbocycles. The van der Waals surface area contributed by atoms with Gasteiger partial charge in [-0.05, 0) is 42.5 Å². The maximum absolute atomic E-state index is 12.2. The van der Waals surface area contributed by atoms with Crippen LogP contribution in [0, 0.1) is 0 Å². The average molecular weight is 369 g/mol. The van der Waals surface area contributed by atoms with Crippen LogP contribution in [0.2, 0.25) is 15.1 Å². The zero-order valence-corrected chi connectivity index (χ0v) is 13.7. The van der Waals surface area contributed by atoms with Crippen molar-refractivity contribution >= 4 is 46.7 Å². The van der Waals surface area contributed by atoms with E-state index in [0.717, 1.165) is 0 Å². The summed E-state index contributed by atoms with van der Waals surface area (Å²) >= 11 is 17.6. The summed E-state index contributed by atoms with van der Waals surface area (Å²) < 4.78 is 5.40. The van der Waals surface area contributed by atoms with Gasteiger partial charge in [0.05, 0.1) is 10.6 Å². The second-order valence-corrected chi connectivity index (χ2v) is 5.78. The molecule has 0 atom stereocenters. The van der Waals surface area contributed by atoms with Crippen molar-refractivity contribution in [3.8, 4) is 11.5 Å². The van der Waals surface area contributed by atoms with Crippen LogP contribution in [0.25, 0.3) is 11.5 Å². The molecule has 1 aromatic heterocycles. The zero-order chi connectivity index (χ0) is 16.4. The van der Waals surface area contributed by atoms with Gasteiger partial charge in [-0.2, -0.15) is 0 Å². The number of carbonyl (C=O) groups excluding carboxylic acids is 1. The Labute approximate surface area is 146 Å².